The zero-order valence-electron chi connectivity index (χ0n) is 20.5. The van der Waals surface area contributed by atoms with E-state index in [1.807, 2.05) is 48.4 Å². The smallest absolute Gasteiger partial charge is 0.241 e. The Labute approximate surface area is 210 Å². The van der Waals surface area contributed by atoms with Gasteiger partial charge in [-0.25, -0.2) is 8.78 Å². The van der Waals surface area contributed by atoms with E-state index >= 15 is 0 Å². The lowest BCUT2D eigenvalue weighted by atomic mass is 10.0. The first-order valence-electron chi connectivity index (χ1n) is 12.6. The van der Waals surface area contributed by atoms with Crippen LogP contribution < -0.4 is 5.32 Å². The van der Waals surface area contributed by atoms with Crippen LogP contribution >= 0.6 is 0 Å². The molecule has 36 heavy (non-hydrogen) atoms. The Kier molecular flexibility index (Phi) is 7.16. The van der Waals surface area contributed by atoms with Crippen molar-refractivity contribution in [3.63, 3.8) is 0 Å². The molecule has 2 fully saturated rings. The molecule has 0 spiro atoms. The average Bonchev–Trinajstić information content (AvgIpc) is 3.63. The van der Waals surface area contributed by atoms with Crippen LogP contribution in [0.2, 0.25) is 0 Å². The maximum atomic E-state index is 14.6. The number of nitrogens with one attached hydrogen (secondary N) is 1. The molecule has 2 aromatic rings. The summed E-state index contributed by atoms with van der Waals surface area (Å²) in [7, 11) is 2.04. The monoisotopic (exact) mass is 494 g/mol. The molecule has 5 rings (SSSR count). The highest BCUT2D eigenvalue weighted by Gasteiger charge is 2.42. The van der Waals surface area contributed by atoms with Gasteiger partial charge in [-0.15, -0.1) is 0 Å². The van der Waals surface area contributed by atoms with Gasteiger partial charge in [-0.1, -0.05) is 36.4 Å². The lowest BCUT2D eigenvalue weighted by Crippen LogP contribution is -2.53. The van der Waals surface area contributed by atoms with E-state index < -0.39 is 23.7 Å². The molecule has 8 heteroatoms. The number of hydrogen-bond donors (Lipinski definition) is 1. The highest BCUT2D eigenvalue weighted by molar-refractivity contribution is 5.88. The molecule has 190 valence electrons. The van der Waals surface area contributed by atoms with Crippen LogP contribution in [0.15, 0.2) is 54.6 Å². The van der Waals surface area contributed by atoms with Crippen molar-refractivity contribution in [3.8, 4) is 0 Å². The zero-order chi connectivity index (χ0) is 25.2. The maximum absolute atomic E-state index is 14.6. The minimum absolute atomic E-state index is 0.00299. The van der Waals surface area contributed by atoms with Gasteiger partial charge in [0, 0.05) is 38.3 Å². The summed E-state index contributed by atoms with van der Waals surface area (Å²) in [4.78, 5) is 32.5. The van der Waals surface area contributed by atoms with E-state index in [0.29, 0.717) is 18.7 Å². The standard InChI is InChI=1S/C28H32F2N4O2/c1-32-11-13-33(14-12-32)26(35)17-31-27(20-7-8-20)28(36)34-18-21(23-16-22(29)9-10-24(23)30)15-25(34)19-5-3-2-4-6-19/h2-6,9-10,15-16,20,25,27,31H,7-8,11-14,17-18H2,1H3/t25-,27-/m0/s1. The summed E-state index contributed by atoms with van der Waals surface area (Å²) in [6, 6.07) is 12.1. The molecule has 2 amide bonds. The minimum atomic E-state index is -0.520. The Bertz CT molecular complexity index is 1140. The molecule has 3 aliphatic rings. The van der Waals surface area contributed by atoms with Gasteiger partial charge >= 0.3 is 0 Å². The molecule has 2 aliphatic heterocycles. The fourth-order valence-electron chi connectivity index (χ4n) is 5.10. The van der Waals surface area contributed by atoms with Gasteiger partial charge in [-0.05, 0) is 55.1 Å². The van der Waals surface area contributed by atoms with E-state index in [-0.39, 0.29) is 36.4 Å². The van der Waals surface area contributed by atoms with E-state index in [2.05, 4.69) is 10.2 Å². The topological polar surface area (TPSA) is 55.9 Å². The number of nitrogens with zero attached hydrogens (tertiary/aromatic N) is 3. The third-order valence-corrected chi connectivity index (χ3v) is 7.42. The van der Waals surface area contributed by atoms with Gasteiger partial charge in [0.15, 0.2) is 0 Å². The fourth-order valence-corrected chi connectivity index (χ4v) is 5.10. The molecule has 2 aromatic carbocycles. The van der Waals surface area contributed by atoms with Crippen molar-refractivity contribution >= 4 is 17.4 Å². The number of carbonyl (C=O) groups is 2. The van der Waals surface area contributed by atoms with Crippen molar-refractivity contribution in [3.05, 3.63) is 77.4 Å². The molecule has 2 heterocycles. The first kappa shape index (κ1) is 24.6. The highest BCUT2D eigenvalue weighted by Crippen LogP contribution is 2.39. The molecule has 2 atom stereocenters. The van der Waals surface area contributed by atoms with Gasteiger partial charge in [0.2, 0.25) is 11.8 Å². The number of benzene rings is 2. The van der Waals surface area contributed by atoms with Crippen molar-refractivity contribution < 1.29 is 18.4 Å². The summed E-state index contributed by atoms with van der Waals surface area (Å²) in [5.74, 6) is -0.973. The van der Waals surface area contributed by atoms with Crippen LogP contribution in [0.4, 0.5) is 8.78 Å². The van der Waals surface area contributed by atoms with Gasteiger partial charge in [-0.2, -0.15) is 0 Å². The van der Waals surface area contributed by atoms with Crippen LogP contribution in [0, 0.1) is 17.6 Å². The molecular weight excluding hydrogens is 462 g/mol. The number of likely N-dealkylation sites (N-methyl/N-ethyl adjacent to an activating group) is 1. The van der Waals surface area contributed by atoms with E-state index in [4.69, 9.17) is 0 Å². The number of hydrogen-bond acceptors (Lipinski definition) is 4. The minimum Gasteiger partial charge on any atom is -0.339 e. The molecule has 0 bridgehead atoms. The molecular formula is C28H32F2N4O2. The molecule has 1 aliphatic carbocycles. The first-order valence-corrected chi connectivity index (χ1v) is 12.6. The van der Waals surface area contributed by atoms with Gasteiger partial charge in [-0.3, -0.25) is 14.9 Å². The summed E-state index contributed by atoms with van der Waals surface area (Å²) in [5.41, 5.74) is 1.66. The first-order chi connectivity index (χ1) is 17.4. The molecule has 1 saturated carbocycles. The Morgan fingerprint density at radius 2 is 1.75 bits per heavy atom. The second-order valence-electron chi connectivity index (χ2n) is 10.0. The predicted octanol–water partition coefficient (Wildman–Crippen LogP) is 3.07. The number of halogens is 2. The van der Waals surface area contributed by atoms with E-state index in [1.165, 1.54) is 6.07 Å². The number of amides is 2. The SMILES string of the molecule is CN1CCN(C(=O)CN[C@H](C(=O)N2CC(c3cc(F)ccc3F)=C[C@H]2c2ccccc2)C2CC2)CC1. The van der Waals surface area contributed by atoms with E-state index in [1.54, 1.807) is 4.90 Å². The number of carbonyl (C=O) groups excluding carboxylic acids is 2. The van der Waals surface area contributed by atoms with Crippen LogP contribution in [-0.4, -0.2) is 78.9 Å². The third-order valence-electron chi connectivity index (χ3n) is 7.42. The fraction of sp³-hybridized carbons (Fsp3) is 0.429. The van der Waals surface area contributed by atoms with Crippen molar-refractivity contribution in [2.24, 2.45) is 5.92 Å². The van der Waals surface area contributed by atoms with Crippen LogP contribution in [-0.2, 0) is 9.59 Å². The molecule has 0 radical (unpaired) electrons. The van der Waals surface area contributed by atoms with Crippen molar-refractivity contribution in [2.75, 3.05) is 46.3 Å². The van der Waals surface area contributed by atoms with Crippen LogP contribution in [0.1, 0.15) is 30.0 Å². The normalized spacial score (nSPS) is 21.4. The second-order valence-corrected chi connectivity index (χ2v) is 10.0. The van der Waals surface area contributed by atoms with E-state index in [9.17, 15) is 18.4 Å². The van der Waals surface area contributed by atoms with Crippen LogP contribution in [0.3, 0.4) is 0 Å². The Balaban J connectivity index is 1.35. The molecule has 1 saturated heterocycles. The molecule has 0 unspecified atom stereocenters. The molecule has 0 aromatic heterocycles. The predicted molar refractivity (Wildman–Crippen MR) is 134 cm³/mol. The van der Waals surface area contributed by atoms with Crippen molar-refractivity contribution in [1.29, 1.82) is 0 Å². The summed E-state index contributed by atoms with van der Waals surface area (Å²) >= 11 is 0. The summed E-state index contributed by atoms with van der Waals surface area (Å²) in [6.07, 6.45) is 3.70. The largest absolute Gasteiger partial charge is 0.339 e. The lowest BCUT2D eigenvalue weighted by molar-refractivity contribution is -0.135. The number of rotatable bonds is 7. The summed E-state index contributed by atoms with van der Waals surface area (Å²) in [5, 5.41) is 3.26. The third kappa shape index (κ3) is 5.34. The maximum Gasteiger partial charge on any atom is 0.241 e. The van der Waals surface area contributed by atoms with Gasteiger partial charge in [0.05, 0.1) is 18.6 Å². The van der Waals surface area contributed by atoms with Crippen molar-refractivity contribution in [2.45, 2.75) is 24.9 Å². The van der Waals surface area contributed by atoms with Crippen LogP contribution in [0.5, 0.6) is 0 Å². The van der Waals surface area contributed by atoms with Gasteiger partial charge in [0.25, 0.3) is 0 Å². The Hall–Kier alpha value is -3.10. The Morgan fingerprint density at radius 1 is 1.03 bits per heavy atom. The molecule has 6 nitrogen and oxygen atoms in total. The average molecular weight is 495 g/mol. The van der Waals surface area contributed by atoms with E-state index in [0.717, 1.165) is 43.6 Å². The lowest BCUT2D eigenvalue weighted by Gasteiger charge is -2.33. The number of piperazine rings is 1. The Morgan fingerprint density at radius 3 is 2.44 bits per heavy atom. The second kappa shape index (κ2) is 10.5. The summed E-state index contributed by atoms with van der Waals surface area (Å²) in [6.45, 7) is 3.35. The van der Waals surface area contributed by atoms with Crippen LogP contribution in [0.25, 0.3) is 5.57 Å². The van der Waals surface area contributed by atoms with Crippen molar-refractivity contribution in [1.82, 2.24) is 20.0 Å². The zero-order valence-corrected chi connectivity index (χ0v) is 20.5. The van der Waals surface area contributed by atoms with Gasteiger partial charge in [0.1, 0.15) is 11.6 Å². The summed E-state index contributed by atoms with van der Waals surface area (Å²) < 4.78 is 28.6. The quantitative estimate of drug-likeness (QED) is 0.643. The highest BCUT2D eigenvalue weighted by atomic mass is 19.1. The van der Waals surface area contributed by atoms with Gasteiger partial charge < -0.3 is 14.7 Å². The molecule has 1 N–H and O–H groups in total.